The lowest BCUT2D eigenvalue weighted by Gasteiger charge is -2.06. The lowest BCUT2D eigenvalue weighted by molar-refractivity contribution is -0.384. The Hall–Kier alpha value is -4.14. The van der Waals surface area contributed by atoms with Crippen LogP contribution in [0.3, 0.4) is 0 Å². The maximum Gasteiger partial charge on any atom is 0.291 e. The van der Waals surface area contributed by atoms with Crippen LogP contribution in [0, 0.1) is 10.1 Å². The summed E-state index contributed by atoms with van der Waals surface area (Å²) in [5.41, 5.74) is 2.47. The third-order valence-electron chi connectivity index (χ3n) is 4.98. The number of halogens is 2. The van der Waals surface area contributed by atoms with Crippen LogP contribution in [-0.4, -0.2) is 15.8 Å². The fourth-order valence-electron chi connectivity index (χ4n) is 3.36. The largest absolute Gasteiger partial charge is 0.451 e. The number of nitro groups is 1. The number of non-ortho nitro benzene ring substituents is 1. The van der Waals surface area contributed by atoms with E-state index in [1.54, 1.807) is 54.6 Å². The van der Waals surface area contributed by atoms with E-state index in [2.05, 4.69) is 10.3 Å². The minimum absolute atomic E-state index is 0.0366. The molecule has 0 saturated heterocycles. The van der Waals surface area contributed by atoms with Crippen molar-refractivity contribution in [1.82, 2.24) is 4.98 Å². The third kappa shape index (κ3) is 4.24. The average Bonchev–Trinajstić information content (AvgIpc) is 3.47. The van der Waals surface area contributed by atoms with Gasteiger partial charge in [-0.3, -0.25) is 14.9 Å². The molecule has 0 aliphatic carbocycles. The highest BCUT2D eigenvalue weighted by Crippen LogP contribution is 2.33. The standard InChI is InChI=1S/C24H13Cl2N3O5/c25-14-4-7-21-19(11-14)28-24(34-21)17-12-15(5-6-18(17)26)27-23(30)22-9-8-20(33-22)13-2-1-3-16(10-13)29(31)32/h1-12H,(H,27,30). The summed E-state index contributed by atoms with van der Waals surface area (Å²) < 4.78 is 11.4. The molecule has 0 fully saturated rings. The van der Waals surface area contributed by atoms with Gasteiger partial charge >= 0.3 is 0 Å². The second-order valence-electron chi connectivity index (χ2n) is 7.25. The van der Waals surface area contributed by atoms with Crippen molar-refractivity contribution < 1.29 is 18.6 Å². The third-order valence-corrected chi connectivity index (χ3v) is 5.54. The summed E-state index contributed by atoms with van der Waals surface area (Å²) in [5, 5.41) is 14.7. The molecule has 0 aliphatic rings. The van der Waals surface area contributed by atoms with E-state index in [1.165, 1.54) is 18.2 Å². The van der Waals surface area contributed by atoms with E-state index in [4.69, 9.17) is 32.0 Å². The van der Waals surface area contributed by atoms with Crippen molar-refractivity contribution in [2.45, 2.75) is 0 Å². The van der Waals surface area contributed by atoms with E-state index >= 15 is 0 Å². The van der Waals surface area contributed by atoms with Crippen molar-refractivity contribution in [2.24, 2.45) is 0 Å². The highest BCUT2D eigenvalue weighted by Gasteiger charge is 2.17. The van der Waals surface area contributed by atoms with Crippen LogP contribution in [0.4, 0.5) is 11.4 Å². The molecule has 0 radical (unpaired) electrons. The highest BCUT2D eigenvalue weighted by molar-refractivity contribution is 6.33. The molecule has 0 aliphatic heterocycles. The number of fused-ring (bicyclic) bond motifs is 1. The smallest absolute Gasteiger partial charge is 0.291 e. The highest BCUT2D eigenvalue weighted by atomic mass is 35.5. The molecule has 0 bridgehead atoms. The second kappa shape index (κ2) is 8.66. The van der Waals surface area contributed by atoms with Crippen molar-refractivity contribution in [3.05, 3.63) is 98.7 Å². The Morgan fingerprint density at radius 2 is 1.82 bits per heavy atom. The van der Waals surface area contributed by atoms with Crippen LogP contribution in [-0.2, 0) is 0 Å². The van der Waals surface area contributed by atoms with Gasteiger partial charge in [0, 0.05) is 28.4 Å². The maximum atomic E-state index is 12.7. The van der Waals surface area contributed by atoms with Gasteiger partial charge in [0.2, 0.25) is 5.89 Å². The molecule has 2 aromatic heterocycles. The summed E-state index contributed by atoms with van der Waals surface area (Å²) in [5.74, 6) is 0.143. The van der Waals surface area contributed by atoms with E-state index in [1.807, 2.05) is 0 Å². The predicted octanol–water partition coefficient (Wildman–Crippen LogP) is 7.22. The number of hydrogen-bond donors (Lipinski definition) is 1. The normalized spacial score (nSPS) is 11.0. The number of oxazole rings is 1. The number of hydrogen-bond acceptors (Lipinski definition) is 6. The Morgan fingerprint density at radius 1 is 0.971 bits per heavy atom. The Labute approximate surface area is 201 Å². The predicted molar refractivity (Wildman–Crippen MR) is 128 cm³/mol. The van der Waals surface area contributed by atoms with E-state index in [0.29, 0.717) is 43.7 Å². The van der Waals surface area contributed by atoms with Crippen molar-refractivity contribution in [3.8, 4) is 22.8 Å². The van der Waals surface area contributed by atoms with E-state index in [9.17, 15) is 14.9 Å². The number of aromatic nitrogens is 1. The number of carbonyl (C=O) groups is 1. The lowest BCUT2D eigenvalue weighted by Crippen LogP contribution is -2.10. The second-order valence-corrected chi connectivity index (χ2v) is 8.09. The topological polar surface area (TPSA) is 111 Å². The molecule has 1 N–H and O–H groups in total. The Balaban J connectivity index is 1.39. The number of nitro benzene ring substituents is 1. The molecular weight excluding hydrogens is 481 g/mol. The Bertz CT molecular complexity index is 1570. The molecule has 5 rings (SSSR count). The fraction of sp³-hybridized carbons (Fsp3) is 0. The summed E-state index contributed by atoms with van der Waals surface area (Å²) >= 11 is 12.4. The summed E-state index contributed by atoms with van der Waals surface area (Å²) in [6.07, 6.45) is 0. The first-order valence-corrected chi connectivity index (χ1v) is 10.6. The molecule has 3 aromatic carbocycles. The van der Waals surface area contributed by atoms with Gasteiger partial charge in [0.05, 0.1) is 15.5 Å². The van der Waals surface area contributed by atoms with Gasteiger partial charge in [-0.2, -0.15) is 0 Å². The first-order chi connectivity index (χ1) is 16.4. The molecule has 2 heterocycles. The van der Waals surface area contributed by atoms with Crippen molar-refractivity contribution >= 4 is 51.6 Å². The first kappa shape index (κ1) is 21.7. The molecule has 0 unspecified atom stereocenters. The molecular formula is C24H13Cl2N3O5. The van der Waals surface area contributed by atoms with Gasteiger partial charge in [-0.1, -0.05) is 35.3 Å². The van der Waals surface area contributed by atoms with Gasteiger partial charge < -0.3 is 14.2 Å². The lowest BCUT2D eigenvalue weighted by atomic mass is 10.1. The number of amides is 1. The minimum atomic E-state index is -0.505. The number of benzene rings is 3. The van der Waals surface area contributed by atoms with Crippen LogP contribution in [0.5, 0.6) is 0 Å². The zero-order valence-corrected chi connectivity index (χ0v) is 18.6. The van der Waals surface area contributed by atoms with Crippen LogP contribution in [0.15, 0.2) is 81.6 Å². The zero-order chi connectivity index (χ0) is 23.8. The summed E-state index contributed by atoms with van der Waals surface area (Å²) in [4.78, 5) is 27.7. The summed E-state index contributed by atoms with van der Waals surface area (Å²) in [7, 11) is 0. The van der Waals surface area contributed by atoms with Crippen molar-refractivity contribution in [3.63, 3.8) is 0 Å². The summed E-state index contributed by atoms with van der Waals surface area (Å²) in [6, 6.07) is 19.0. The molecule has 0 saturated carbocycles. The molecule has 168 valence electrons. The molecule has 5 aromatic rings. The number of furan rings is 1. The summed E-state index contributed by atoms with van der Waals surface area (Å²) in [6.45, 7) is 0. The van der Waals surface area contributed by atoms with Crippen LogP contribution < -0.4 is 5.32 Å². The van der Waals surface area contributed by atoms with Crippen LogP contribution in [0.25, 0.3) is 33.9 Å². The number of nitrogens with one attached hydrogen (secondary N) is 1. The van der Waals surface area contributed by atoms with Crippen LogP contribution in [0.1, 0.15) is 10.6 Å². The van der Waals surface area contributed by atoms with Crippen LogP contribution >= 0.6 is 23.2 Å². The Kier molecular flexibility index (Phi) is 5.53. The van der Waals surface area contributed by atoms with Gasteiger partial charge in [-0.05, 0) is 48.5 Å². The van der Waals surface area contributed by atoms with Crippen molar-refractivity contribution in [2.75, 3.05) is 5.32 Å². The molecule has 10 heteroatoms. The Morgan fingerprint density at radius 3 is 2.65 bits per heavy atom. The minimum Gasteiger partial charge on any atom is -0.451 e. The molecule has 8 nitrogen and oxygen atoms in total. The number of anilines is 1. The van der Waals surface area contributed by atoms with Gasteiger partial charge in [-0.25, -0.2) is 4.98 Å². The van der Waals surface area contributed by atoms with Gasteiger partial charge in [0.1, 0.15) is 11.3 Å². The van der Waals surface area contributed by atoms with Crippen molar-refractivity contribution in [1.29, 1.82) is 0 Å². The molecule has 34 heavy (non-hydrogen) atoms. The van der Waals surface area contributed by atoms with Gasteiger partial charge in [0.25, 0.3) is 11.6 Å². The number of nitrogens with zero attached hydrogens (tertiary/aromatic N) is 2. The van der Waals surface area contributed by atoms with E-state index in [0.717, 1.165) is 0 Å². The van der Waals surface area contributed by atoms with Gasteiger partial charge in [0.15, 0.2) is 11.3 Å². The molecule has 1 amide bonds. The molecule has 0 spiro atoms. The van der Waals surface area contributed by atoms with Gasteiger partial charge in [-0.15, -0.1) is 0 Å². The first-order valence-electron chi connectivity index (χ1n) is 9.89. The monoisotopic (exact) mass is 493 g/mol. The SMILES string of the molecule is O=C(Nc1ccc(Cl)c(-c2nc3cc(Cl)ccc3o2)c1)c1ccc(-c2cccc([N+](=O)[O-])c2)o1. The zero-order valence-electron chi connectivity index (χ0n) is 17.1. The molecule has 0 atom stereocenters. The number of rotatable bonds is 5. The maximum absolute atomic E-state index is 12.7. The van der Waals surface area contributed by atoms with E-state index in [-0.39, 0.29) is 17.3 Å². The van der Waals surface area contributed by atoms with Crippen LogP contribution in [0.2, 0.25) is 10.0 Å². The quantitative estimate of drug-likeness (QED) is 0.204. The fourth-order valence-corrected chi connectivity index (χ4v) is 3.73. The number of carbonyl (C=O) groups excluding carboxylic acids is 1. The van der Waals surface area contributed by atoms with E-state index < -0.39 is 10.8 Å². The average molecular weight is 494 g/mol.